The standard InChI is InChI=1S/C67H44N2O/c1-3-17-45(18-4-1)46-31-33-48(34-32-46)53-21-8-13-27-62(53)68(51-38-35-47(36-39-51)49-37-41-57-56-23-9-16-30-65(56)70-66(57)43-49)52-40-42-55-54-22-7-10-24-58(54)67(61(55)44-52)59-25-11-14-28-63(59)69(50-19-5-2-6-20-50)64-29-15-12-26-60(64)67/h1-44H. The molecule has 0 bridgehead atoms. The molecule has 0 N–H and O–H groups in total. The van der Waals surface area contributed by atoms with E-state index < -0.39 is 5.41 Å². The third-order valence-electron chi connectivity index (χ3n) is 14.7. The molecule has 14 rings (SSSR count). The van der Waals surface area contributed by atoms with Crippen LogP contribution in [0, 0.1) is 0 Å². The Labute approximate surface area is 407 Å². The molecule has 0 fully saturated rings. The topological polar surface area (TPSA) is 19.6 Å². The minimum Gasteiger partial charge on any atom is -0.456 e. The summed E-state index contributed by atoms with van der Waals surface area (Å²) < 4.78 is 6.35. The summed E-state index contributed by atoms with van der Waals surface area (Å²) in [5, 5.41) is 2.26. The molecule has 70 heavy (non-hydrogen) atoms. The van der Waals surface area contributed by atoms with E-state index in [1.54, 1.807) is 0 Å². The molecular formula is C67H44N2O. The number of fused-ring (bicyclic) bond motifs is 12. The van der Waals surface area contributed by atoms with E-state index in [1.807, 2.05) is 12.1 Å². The van der Waals surface area contributed by atoms with Crippen LogP contribution in [0.15, 0.2) is 271 Å². The highest BCUT2D eigenvalue weighted by Crippen LogP contribution is 2.64. The molecule has 0 radical (unpaired) electrons. The van der Waals surface area contributed by atoms with Crippen molar-refractivity contribution in [3.05, 3.63) is 289 Å². The number of furan rings is 1. The number of hydrogen-bond donors (Lipinski definition) is 0. The molecule has 12 aromatic rings. The highest BCUT2D eigenvalue weighted by molar-refractivity contribution is 6.06. The van der Waals surface area contributed by atoms with Gasteiger partial charge in [0.2, 0.25) is 0 Å². The number of rotatable bonds is 7. The number of hydrogen-bond acceptors (Lipinski definition) is 3. The van der Waals surface area contributed by atoms with E-state index in [2.05, 4.69) is 265 Å². The first-order chi connectivity index (χ1) is 34.7. The second kappa shape index (κ2) is 16.0. The van der Waals surface area contributed by atoms with Crippen LogP contribution in [0.3, 0.4) is 0 Å². The summed E-state index contributed by atoms with van der Waals surface area (Å²) in [4.78, 5) is 4.90. The second-order valence-corrected chi connectivity index (χ2v) is 18.4. The van der Waals surface area contributed by atoms with Crippen molar-refractivity contribution in [2.24, 2.45) is 0 Å². The van der Waals surface area contributed by atoms with E-state index in [0.717, 1.165) is 66.9 Å². The third-order valence-corrected chi connectivity index (χ3v) is 14.7. The SMILES string of the molecule is c1ccc(-c2ccc(-c3ccccc3N(c3ccc(-c4ccc5c(c4)oc4ccccc45)cc3)c3ccc4c(c3)C3(c5ccccc5-4)c4ccccc4N(c4ccccc4)c4ccccc43)cc2)cc1. The zero-order valence-corrected chi connectivity index (χ0v) is 38.2. The van der Waals surface area contributed by atoms with Crippen molar-refractivity contribution in [3.63, 3.8) is 0 Å². The summed E-state index contributed by atoms with van der Waals surface area (Å²) in [5.41, 5.74) is 22.4. The predicted molar refractivity (Wildman–Crippen MR) is 290 cm³/mol. The summed E-state index contributed by atoms with van der Waals surface area (Å²) in [6, 6.07) is 97.5. The van der Waals surface area contributed by atoms with Gasteiger partial charge in [0.1, 0.15) is 11.2 Å². The van der Waals surface area contributed by atoms with Crippen molar-refractivity contribution in [1.29, 1.82) is 0 Å². The number of nitrogens with zero attached hydrogens (tertiary/aromatic N) is 2. The highest BCUT2D eigenvalue weighted by Gasteiger charge is 2.51. The van der Waals surface area contributed by atoms with Crippen molar-refractivity contribution in [1.82, 2.24) is 0 Å². The molecule has 2 heterocycles. The molecule has 11 aromatic carbocycles. The Kier molecular flexibility index (Phi) is 9.11. The van der Waals surface area contributed by atoms with Gasteiger partial charge in [-0.25, -0.2) is 0 Å². The van der Waals surface area contributed by atoms with Gasteiger partial charge in [-0.1, -0.05) is 194 Å². The second-order valence-electron chi connectivity index (χ2n) is 18.4. The Morgan fingerprint density at radius 3 is 1.59 bits per heavy atom. The van der Waals surface area contributed by atoms with Crippen LogP contribution in [0.1, 0.15) is 22.3 Å². The van der Waals surface area contributed by atoms with Gasteiger partial charge in [0, 0.05) is 33.4 Å². The molecule has 0 unspecified atom stereocenters. The fourth-order valence-electron chi connectivity index (χ4n) is 11.6. The molecule has 2 aliphatic rings. The number of anilines is 6. The smallest absolute Gasteiger partial charge is 0.136 e. The zero-order valence-electron chi connectivity index (χ0n) is 38.2. The molecule has 0 saturated carbocycles. The predicted octanol–water partition coefficient (Wildman–Crippen LogP) is 18.2. The zero-order chi connectivity index (χ0) is 46.2. The molecule has 1 spiro atoms. The van der Waals surface area contributed by atoms with Crippen LogP contribution < -0.4 is 9.80 Å². The van der Waals surface area contributed by atoms with Crippen molar-refractivity contribution in [2.45, 2.75) is 5.41 Å². The molecular weight excluding hydrogens is 849 g/mol. The van der Waals surface area contributed by atoms with E-state index in [0.29, 0.717) is 0 Å². The maximum atomic E-state index is 6.35. The summed E-state index contributed by atoms with van der Waals surface area (Å²) in [7, 11) is 0. The lowest BCUT2D eigenvalue weighted by molar-refractivity contribution is 0.669. The van der Waals surface area contributed by atoms with Crippen LogP contribution >= 0.6 is 0 Å². The molecule has 1 aliphatic carbocycles. The fourth-order valence-corrected chi connectivity index (χ4v) is 11.6. The van der Waals surface area contributed by atoms with Crippen molar-refractivity contribution in [3.8, 4) is 44.5 Å². The normalized spacial score (nSPS) is 12.9. The molecule has 3 nitrogen and oxygen atoms in total. The Bertz CT molecular complexity index is 3900. The molecule has 1 aromatic heterocycles. The van der Waals surface area contributed by atoms with E-state index in [9.17, 15) is 0 Å². The summed E-state index contributed by atoms with van der Waals surface area (Å²) in [6.45, 7) is 0. The van der Waals surface area contributed by atoms with Crippen LogP contribution in [-0.4, -0.2) is 0 Å². The minimum absolute atomic E-state index is 0.599. The first-order valence-electron chi connectivity index (χ1n) is 24.1. The fraction of sp³-hybridized carbons (Fsp3) is 0.0149. The molecule has 0 atom stereocenters. The van der Waals surface area contributed by atoms with Crippen molar-refractivity contribution < 1.29 is 4.42 Å². The highest BCUT2D eigenvalue weighted by atomic mass is 16.3. The van der Waals surface area contributed by atoms with E-state index >= 15 is 0 Å². The van der Waals surface area contributed by atoms with Gasteiger partial charge in [-0.05, 0) is 134 Å². The Morgan fingerprint density at radius 2 is 0.829 bits per heavy atom. The van der Waals surface area contributed by atoms with Crippen LogP contribution in [0.2, 0.25) is 0 Å². The monoisotopic (exact) mass is 892 g/mol. The van der Waals surface area contributed by atoms with Gasteiger partial charge in [-0.15, -0.1) is 0 Å². The van der Waals surface area contributed by atoms with Gasteiger partial charge in [0.05, 0.1) is 22.5 Å². The largest absolute Gasteiger partial charge is 0.456 e. The first-order valence-corrected chi connectivity index (χ1v) is 24.1. The maximum Gasteiger partial charge on any atom is 0.136 e. The van der Waals surface area contributed by atoms with Crippen molar-refractivity contribution in [2.75, 3.05) is 9.80 Å². The van der Waals surface area contributed by atoms with E-state index in [4.69, 9.17) is 4.42 Å². The lowest BCUT2D eigenvalue weighted by atomic mass is 9.64. The van der Waals surface area contributed by atoms with E-state index in [1.165, 1.54) is 55.9 Å². The van der Waals surface area contributed by atoms with E-state index in [-0.39, 0.29) is 0 Å². The van der Waals surface area contributed by atoms with Gasteiger partial charge in [-0.3, -0.25) is 0 Å². The van der Waals surface area contributed by atoms with Crippen LogP contribution in [0.4, 0.5) is 34.1 Å². The van der Waals surface area contributed by atoms with Gasteiger partial charge in [-0.2, -0.15) is 0 Å². The average Bonchev–Trinajstić information content (AvgIpc) is 3.95. The third kappa shape index (κ3) is 6.08. The number of benzene rings is 11. The molecule has 328 valence electrons. The Hall–Kier alpha value is -9.18. The van der Waals surface area contributed by atoms with Crippen LogP contribution in [0.25, 0.3) is 66.4 Å². The molecule has 0 saturated heterocycles. The average molecular weight is 893 g/mol. The molecule has 0 amide bonds. The quantitative estimate of drug-likeness (QED) is 0.159. The van der Waals surface area contributed by atoms with Crippen LogP contribution in [-0.2, 0) is 5.41 Å². The van der Waals surface area contributed by atoms with Crippen LogP contribution in [0.5, 0.6) is 0 Å². The van der Waals surface area contributed by atoms with Crippen molar-refractivity contribution >= 4 is 56.1 Å². The lowest BCUT2D eigenvalue weighted by Gasteiger charge is -2.45. The maximum absolute atomic E-state index is 6.35. The summed E-state index contributed by atoms with van der Waals surface area (Å²) in [5.74, 6) is 0. The van der Waals surface area contributed by atoms with Gasteiger partial charge < -0.3 is 14.2 Å². The van der Waals surface area contributed by atoms with Gasteiger partial charge in [0.15, 0.2) is 0 Å². The number of para-hydroxylation sites is 5. The Morgan fingerprint density at radius 1 is 0.314 bits per heavy atom. The summed E-state index contributed by atoms with van der Waals surface area (Å²) in [6.07, 6.45) is 0. The first kappa shape index (κ1) is 39.9. The van der Waals surface area contributed by atoms with Gasteiger partial charge in [0.25, 0.3) is 0 Å². The minimum atomic E-state index is -0.599. The molecule has 1 aliphatic heterocycles. The molecule has 3 heteroatoms. The van der Waals surface area contributed by atoms with Gasteiger partial charge >= 0.3 is 0 Å². The summed E-state index contributed by atoms with van der Waals surface area (Å²) >= 11 is 0. The lowest BCUT2D eigenvalue weighted by Crippen LogP contribution is -2.36. The Balaban J connectivity index is 0.972.